The topological polar surface area (TPSA) is 307 Å². The maximum absolute atomic E-state index is 13.2. The summed E-state index contributed by atoms with van der Waals surface area (Å²) in [5.41, 5.74) is 0. The first kappa shape index (κ1) is 70.5. The van der Waals surface area contributed by atoms with E-state index in [1.165, 1.54) is 64.2 Å². The lowest BCUT2D eigenvalue weighted by Crippen LogP contribution is -2.66. The number of hydrogen-bond donors (Lipinski definition) is 12. The van der Waals surface area contributed by atoms with Crippen molar-refractivity contribution in [2.24, 2.45) is 0 Å². The zero-order valence-electron chi connectivity index (χ0n) is 47.3. The van der Waals surface area contributed by atoms with Crippen molar-refractivity contribution < 1.29 is 89.4 Å². The van der Waals surface area contributed by atoms with E-state index in [2.05, 4.69) is 79.9 Å². The summed E-state index contributed by atoms with van der Waals surface area (Å²) in [4.78, 5) is 13.2. The highest BCUT2D eigenvalue weighted by atomic mass is 16.8. The maximum atomic E-state index is 13.2. The van der Waals surface area contributed by atoms with E-state index < -0.39 is 124 Å². The maximum Gasteiger partial charge on any atom is 0.220 e. The summed E-state index contributed by atoms with van der Waals surface area (Å²) in [6.45, 7) is 1.44. The number of ether oxygens (including phenoxy) is 6. The minimum absolute atomic E-state index is 0.230. The van der Waals surface area contributed by atoms with Gasteiger partial charge in [0.25, 0.3) is 0 Å². The van der Waals surface area contributed by atoms with Crippen LogP contribution in [-0.2, 0) is 33.2 Å². The molecule has 3 heterocycles. The van der Waals surface area contributed by atoms with Gasteiger partial charge >= 0.3 is 0 Å². The van der Waals surface area contributed by atoms with E-state index in [0.717, 1.165) is 70.6 Å². The Hall–Kier alpha value is -2.77. The molecule has 3 saturated heterocycles. The van der Waals surface area contributed by atoms with Crippen molar-refractivity contribution in [3.63, 3.8) is 0 Å². The second kappa shape index (κ2) is 43.0. The van der Waals surface area contributed by atoms with Gasteiger partial charge in [0.2, 0.25) is 5.91 Å². The van der Waals surface area contributed by atoms with Crippen LogP contribution >= 0.6 is 0 Å². The molecule has 1 amide bonds. The molecule has 0 aliphatic carbocycles. The molecule has 0 aromatic rings. The molecular weight excluding hydrogens is 1020 g/mol. The van der Waals surface area contributed by atoms with Crippen LogP contribution in [0.5, 0.6) is 0 Å². The van der Waals surface area contributed by atoms with E-state index >= 15 is 0 Å². The van der Waals surface area contributed by atoms with Crippen molar-refractivity contribution in [3.05, 3.63) is 72.9 Å². The molecule has 12 N–H and O–H groups in total. The third-order valence-corrected chi connectivity index (χ3v) is 14.5. The number of carbonyl (C=O) groups excluding carboxylic acids is 1. The molecule has 3 rings (SSSR count). The van der Waals surface area contributed by atoms with Gasteiger partial charge in [-0.15, -0.1) is 0 Å². The third kappa shape index (κ3) is 27.0. The number of hydrogen-bond acceptors (Lipinski definition) is 18. The van der Waals surface area contributed by atoms with Gasteiger partial charge in [0.15, 0.2) is 18.9 Å². The normalized spacial score (nSPS) is 30.8. The summed E-state index contributed by atoms with van der Waals surface area (Å²) in [6.07, 6.45) is 23.8. The predicted molar refractivity (Wildman–Crippen MR) is 300 cm³/mol. The molecule has 3 fully saturated rings. The fourth-order valence-electron chi connectivity index (χ4n) is 9.62. The number of allylic oxidation sites excluding steroid dienone is 11. The van der Waals surface area contributed by atoms with Crippen LogP contribution in [0.25, 0.3) is 0 Å². The molecule has 0 radical (unpaired) electrons. The summed E-state index contributed by atoms with van der Waals surface area (Å²) in [5.74, 6) is -0.295. The van der Waals surface area contributed by atoms with E-state index in [0.29, 0.717) is 12.8 Å². The molecule has 17 unspecified atom stereocenters. The van der Waals surface area contributed by atoms with E-state index in [1.54, 1.807) is 12.2 Å². The van der Waals surface area contributed by atoms with Crippen LogP contribution < -0.4 is 5.32 Å². The Bertz CT molecular complexity index is 1730. The highest BCUT2D eigenvalue weighted by molar-refractivity contribution is 5.76. The summed E-state index contributed by atoms with van der Waals surface area (Å²) in [7, 11) is 0. The Morgan fingerprint density at radius 2 is 0.886 bits per heavy atom. The largest absolute Gasteiger partial charge is 0.394 e. The number of amides is 1. The van der Waals surface area contributed by atoms with Gasteiger partial charge < -0.3 is 89.9 Å². The fraction of sp³-hybridized carbons (Fsp3) is 0.783. The van der Waals surface area contributed by atoms with Crippen LogP contribution in [0.15, 0.2) is 72.9 Å². The van der Waals surface area contributed by atoms with Crippen LogP contribution in [0.2, 0.25) is 0 Å². The lowest BCUT2D eigenvalue weighted by molar-refractivity contribution is -0.379. The number of aliphatic hydroxyl groups excluding tert-OH is 11. The number of rotatable bonds is 42. The second-order valence-corrected chi connectivity index (χ2v) is 21.1. The summed E-state index contributed by atoms with van der Waals surface area (Å²) >= 11 is 0. The van der Waals surface area contributed by atoms with Crippen molar-refractivity contribution in [1.82, 2.24) is 5.32 Å². The van der Waals surface area contributed by atoms with Crippen LogP contribution in [0.3, 0.4) is 0 Å². The Labute approximate surface area is 470 Å². The molecule has 456 valence electrons. The van der Waals surface area contributed by atoms with Crippen molar-refractivity contribution in [3.8, 4) is 0 Å². The van der Waals surface area contributed by atoms with Crippen LogP contribution in [0.4, 0.5) is 0 Å². The first-order valence-corrected chi connectivity index (χ1v) is 29.7. The Kier molecular flexibility index (Phi) is 38.3. The van der Waals surface area contributed by atoms with Gasteiger partial charge in [-0.3, -0.25) is 4.79 Å². The summed E-state index contributed by atoms with van der Waals surface area (Å²) < 4.78 is 34.1. The third-order valence-electron chi connectivity index (χ3n) is 14.5. The van der Waals surface area contributed by atoms with Gasteiger partial charge in [0, 0.05) is 6.42 Å². The number of carbonyl (C=O) groups is 1. The van der Waals surface area contributed by atoms with E-state index in [4.69, 9.17) is 28.4 Å². The highest BCUT2D eigenvalue weighted by Gasteiger charge is 2.53. The summed E-state index contributed by atoms with van der Waals surface area (Å²) in [5, 5.41) is 120. The van der Waals surface area contributed by atoms with Gasteiger partial charge in [0.05, 0.1) is 38.6 Å². The molecule has 19 heteroatoms. The first-order valence-electron chi connectivity index (χ1n) is 29.7. The molecule has 0 aromatic heterocycles. The molecule has 3 aliphatic rings. The van der Waals surface area contributed by atoms with Crippen molar-refractivity contribution in [2.45, 2.75) is 272 Å². The van der Waals surface area contributed by atoms with Gasteiger partial charge in [-0.05, 0) is 64.2 Å². The number of unbranched alkanes of at least 4 members (excludes halogenated alkanes) is 16. The molecular formula is C60H103NO18. The standard InChI is InChI=1S/C60H103NO18/c1-3-5-7-9-11-12-13-14-15-16-17-18-19-20-21-22-23-24-25-26-27-28-29-30-32-34-36-38-48(66)61-43(44(65)37-35-33-31-10-8-6-4-2)42-74-58-54(72)51(69)56(46(40-63)76-58)79-60-55(73)52(70)57(47(41-64)77-60)78-59-53(71)50(68)49(67)45(39-62)75-59/h5,7-8,10-12,14-15,17-18,35,37,43-47,49-60,62-65,67-73H,3-4,6,9,13,16,19-34,36,38-42H2,1-2H3,(H,61,66)/b7-5-,10-8+,12-11-,15-14-,18-17-,37-35+. The molecule has 0 spiro atoms. The van der Waals surface area contributed by atoms with Crippen LogP contribution in [0, 0.1) is 0 Å². The Balaban J connectivity index is 1.39. The molecule has 19 nitrogen and oxygen atoms in total. The highest BCUT2D eigenvalue weighted by Crippen LogP contribution is 2.33. The number of nitrogens with one attached hydrogen (secondary N) is 1. The summed E-state index contributed by atoms with van der Waals surface area (Å²) in [6, 6.07) is -0.990. The van der Waals surface area contributed by atoms with Crippen LogP contribution in [0.1, 0.15) is 168 Å². The van der Waals surface area contributed by atoms with Gasteiger partial charge in [-0.1, -0.05) is 170 Å². The fourth-order valence-corrected chi connectivity index (χ4v) is 9.62. The smallest absolute Gasteiger partial charge is 0.220 e. The molecule has 17 atom stereocenters. The molecule has 0 aromatic carbocycles. The zero-order valence-corrected chi connectivity index (χ0v) is 47.3. The number of aliphatic hydroxyl groups is 11. The quantitative estimate of drug-likeness (QED) is 0.0282. The zero-order chi connectivity index (χ0) is 57.6. The van der Waals surface area contributed by atoms with Crippen molar-refractivity contribution in [1.29, 1.82) is 0 Å². The minimum atomic E-state index is -1.98. The van der Waals surface area contributed by atoms with Gasteiger partial charge in [0.1, 0.15) is 73.2 Å². The van der Waals surface area contributed by atoms with Gasteiger partial charge in [-0.2, -0.15) is 0 Å². The second-order valence-electron chi connectivity index (χ2n) is 21.1. The van der Waals surface area contributed by atoms with Crippen LogP contribution in [-0.4, -0.2) is 193 Å². The lowest BCUT2D eigenvalue weighted by Gasteiger charge is -2.48. The Morgan fingerprint density at radius 3 is 1.41 bits per heavy atom. The van der Waals surface area contributed by atoms with E-state index in [1.807, 2.05) is 0 Å². The first-order chi connectivity index (χ1) is 38.3. The lowest BCUT2D eigenvalue weighted by atomic mass is 9.96. The van der Waals surface area contributed by atoms with E-state index in [-0.39, 0.29) is 18.9 Å². The predicted octanol–water partition coefficient (Wildman–Crippen LogP) is 5.04. The average Bonchev–Trinajstić information content (AvgIpc) is 3.47. The molecule has 79 heavy (non-hydrogen) atoms. The Morgan fingerprint density at radius 1 is 0.468 bits per heavy atom. The SMILES string of the molecule is CC/C=C\C/C=C\C/C=C\C/C=C\CCCCCCCCCCCCCCCCC(=O)NC(COC1OC(CO)C(OC2OC(CO)C(OC3OC(CO)C(O)C(O)C3O)C(O)C2O)C(O)C1O)C(O)/C=C/CC/C=C/CCC. The minimum Gasteiger partial charge on any atom is -0.394 e. The van der Waals surface area contributed by atoms with Crippen molar-refractivity contribution in [2.75, 3.05) is 26.4 Å². The monoisotopic (exact) mass is 1130 g/mol. The molecule has 0 saturated carbocycles. The van der Waals surface area contributed by atoms with E-state index in [9.17, 15) is 61.0 Å². The van der Waals surface area contributed by atoms with Gasteiger partial charge in [-0.25, -0.2) is 0 Å². The van der Waals surface area contributed by atoms with Crippen molar-refractivity contribution >= 4 is 5.91 Å². The average molecular weight is 1130 g/mol. The molecule has 3 aliphatic heterocycles. The molecule has 0 bridgehead atoms.